The van der Waals surface area contributed by atoms with E-state index < -0.39 is 16.3 Å². The van der Waals surface area contributed by atoms with Crippen LogP contribution in [-0.4, -0.2) is 55.7 Å². The molecule has 1 saturated heterocycles. The van der Waals surface area contributed by atoms with Gasteiger partial charge in [0.25, 0.3) is 10.0 Å². The monoisotopic (exact) mass is 532 g/mol. The molecule has 2 heterocycles. The second-order valence-electron chi connectivity index (χ2n) is 9.62. The maximum atomic E-state index is 13.1. The molecule has 3 aromatic carbocycles. The van der Waals surface area contributed by atoms with Crippen LogP contribution in [0.4, 0.5) is 11.4 Å². The van der Waals surface area contributed by atoms with E-state index in [1.54, 1.807) is 48.7 Å². The number of hydrogen-bond acceptors (Lipinski definition) is 7. The van der Waals surface area contributed by atoms with Crippen LogP contribution in [0.15, 0.2) is 90.0 Å². The van der Waals surface area contributed by atoms with E-state index in [9.17, 15) is 13.5 Å². The van der Waals surface area contributed by atoms with Crippen molar-refractivity contribution in [3.8, 4) is 5.75 Å². The molecule has 0 amide bonds. The van der Waals surface area contributed by atoms with Gasteiger partial charge in [-0.25, -0.2) is 8.42 Å². The highest BCUT2D eigenvalue weighted by atomic mass is 32.2. The number of anilines is 2. The first-order valence-corrected chi connectivity index (χ1v) is 14.2. The van der Waals surface area contributed by atoms with Crippen LogP contribution in [-0.2, 0) is 10.0 Å². The third-order valence-electron chi connectivity index (χ3n) is 6.56. The van der Waals surface area contributed by atoms with Crippen molar-refractivity contribution < 1.29 is 18.3 Å². The largest absolute Gasteiger partial charge is 0.491 e. The number of fused-ring (bicyclic) bond motifs is 1. The number of aliphatic hydroxyl groups is 1. The zero-order chi connectivity index (χ0) is 26.7. The van der Waals surface area contributed by atoms with E-state index in [0.29, 0.717) is 29.9 Å². The van der Waals surface area contributed by atoms with Crippen LogP contribution in [0.1, 0.15) is 25.6 Å². The van der Waals surface area contributed by atoms with Crippen LogP contribution in [0.2, 0.25) is 0 Å². The number of aromatic nitrogens is 1. The maximum absolute atomic E-state index is 13.1. The highest BCUT2D eigenvalue weighted by molar-refractivity contribution is 7.93. The lowest BCUT2D eigenvalue weighted by Crippen LogP contribution is -2.47. The fraction of sp³-hybridized carbons (Fsp3) is 0.276. The van der Waals surface area contributed by atoms with E-state index in [0.717, 1.165) is 29.9 Å². The number of para-hydroxylation sites is 1. The molecule has 38 heavy (non-hydrogen) atoms. The zero-order valence-corrected chi connectivity index (χ0v) is 22.3. The normalized spacial score (nSPS) is 15.5. The molecule has 1 unspecified atom stereocenters. The molecule has 1 atom stereocenters. The standard InChI is InChI=1S/C29H32N4O4S/c1-21(2)37-26-9-4-8-25(20-26)32-16-18-33(19-17-32)29(34)23-11-13-24(14-12-23)31-38(35,36)27-10-3-6-22-7-5-15-30-28(22)27/h3-15,20-21,29,31,34H,16-19H2,1-2H3. The predicted octanol–water partition coefficient (Wildman–Crippen LogP) is 4.64. The lowest BCUT2D eigenvalue weighted by atomic mass is 10.1. The van der Waals surface area contributed by atoms with Crippen LogP contribution < -0.4 is 14.4 Å². The van der Waals surface area contributed by atoms with Crippen LogP contribution in [0, 0.1) is 0 Å². The maximum Gasteiger partial charge on any atom is 0.264 e. The van der Waals surface area contributed by atoms with Gasteiger partial charge in [0.1, 0.15) is 16.9 Å². The predicted molar refractivity (Wildman–Crippen MR) is 150 cm³/mol. The van der Waals surface area contributed by atoms with Crippen molar-refractivity contribution in [3.63, 3.8) is 0 Å². The Morgan fingerprint density at radius 3 is 2.37 bits per heavy atom. The lowest BCUT2D eigenvalue weighted by Gasteiger charge is -2.38. The number of nitrogens with zero attached hydrogens (tertiary/aromatic N) is 3. The molecule has 1 aliphatic rings. The molecule has 0 spiro atoms. The second-order valence-corrected chi connectivity index (χ2v) is 11.3. The van der Waals surface area contributed by atoms with E-state index in [1.165, 1.54) is 0 Å². The highest BCUT2D eigenvalue weighted by Gasteiger charge is 2.24. The van der Waals surface area contributed by atoms with E-state index in [1.807, 2.05) is 43.0 Å². The second kappa shape index (κ2) is 11.0. The molecule has 1 aromatic heterocycles. The Bertz CT molecular complexity index is 1500. The first-order valence-electron chi connectivity index (χ1n) is 12.7. The molecule has 0 saturated carbocycles. The van der Waals surface area contributed by atoms with Crippen molar-refractivity contribution in [2.75, 3.05) is 35.8 Å². The Kier molecular flexibility index (Phi) is 7.51. The van der Waals surface area contributed by atoms with E-state index in [2.05, 4.69) is 26.7 Å². The third kappa shape index (κ3) is 5.75. The fourth-order valence-electron chi connectivity index (χ4n) is 4.69. The first kappa shape index (κ1) is 26.0. The minimum atomic E-state index is -3.84. The van der Waals surface area contributed by atoms with E-state index in [4.69, 9.17) is 4.74 Å². The molecular weight excluding hydrogens is 500 g/mol. The molecule has 0 bridgehead atoms. The number of piperazine rings is 1. The molecule has 9 heteroatoms. The van der Waals surface area contributed by atoms with Gasteiger partial charge in [-0.2, -0.15) is 0 Å². The summed E-state index contributed by atoms with van der Waals surface area (Å²) in [5.74, 6) is 0.854. The van der Waals surface area contributed by atoms with Crippen molar-refractivity contribution in [1.29, 1.82) is 0 Å². The van der Waals surface area contributed by atoms with Crippen LogP contribution >= 0.6 is 0 Å². The Morgan fingerprint density at radius 2 is 1.63 bits per heavy atom. The summed E-state index contributed by atoms with van der Waals surface area (Å²) in [6.07, 6.45) is 0.922. The highest BCUT2D eigenvalue weighted by Crippen LogP contribution is 2.27. The molecule has 198 valence electrons. The zero-order valence-electron chi connectivity index (χ0n) is 21.5. The van der Waals surface area contributed by atoms with Gasteiger partial charge >= 0.3 is 0 Å². The molecule has 5 rings (SSSR count). The number of benzene rings is 3. The van der Waals surface area contributed by atoms with Gasteiger partial charge in [0.05, 0.1) is 11.6 Å². The van der Waals surface area contributed by atoms with Crippen LogP contribution in [0.25, 0.3) is 10.9 Å². The van der Waals surface area contributed by atoms with Gasteiger partial charge < -0.3 is 14.7 Å². The van der Waals surface area contributed by atoms with Crippen molar-refractivity contribution in [2.45, 2.75) is 31.1 Å². The van der Waals surface area contributed by atoms with Crippen molar-refractivity contribution in [2.24, 2.45) is 0 Å². The number of sulfonamides is 1. The molecule has 1 fully saturated rings. The van der Waals surface area contributed by atoms with Crippen molar-refractivity contribution in [1.82, 2.24) is 9.88 Å². The summed E-state index contributed by atoms with van der Waals surface area (Å²) in [6.45, 7) is 6.96. The summed E-state index contributed by atoms with van der Waals surface area (Å²) in [6, 6.07) is 23.6. The SMILES string of the molecule is CC(C)Oc1cccc(N2CCN(C(O)c3ccc(NS(=O)(=O)c4cccc5cccnc45)cc3)CC2)c1. The average Bonchev–Trinajstić information content (AvgIpc) is 2.92. The van der Waals surface area contributed by atoms with Gasteiger partial charge in [-0.1, -0.05) is 36.4 Å². The molecule has 4 aromatic rings. The number of ether oxygens (including phenoxy) is 1. The minimum Gasteiger partial charge on any atom is -0.491 e. The topological polar surface area (TPSA) is 95.0 Å². The molecular formula is C29H32N4O4S. The molecule has 2 N–H and O–H groups in total. The molecule has 8 nitrogen and oxygen atoms in total. The number of pyridine rings is 1. The molecule has 1 aliphatic heterocycles. The summed E-state index contributed by atoms with van der Waals surface area (Å²) >= 11 is 0. The Balaban J connectivity index is 1.22. The lowest BCUT2D eigenvalue weighted by molar-refractivity contribution is -0.00160. The number of aliphatic hydroxyl groups excluding tert-OH is 1. The number of rotatable bonds is 8. The third-order valence-corrected chi connectivity index (χ3v) is 7.97. The summed E-state index contributed by atoms with van der Waals surface area (Å²) in [7, 11) is -3.84. The van der Waals surface area contributed by atoms with Crippen molar-refractivity contribution in [3.05, 3.63) is 90.6 Å². The van der Waals surface area contributed by atoms with Gasteiger partial charge in [0, 0.05) is 55.2 Å². The summed E-state index contributed by atoms with van der Waals surface area (Å²) < 4.78 is 34.6. The molecule has 0 radical (unpaired) electrons. The number of nitrogens with one attached hydrogen (secondary N) is 1. The Labute approximate surface area is 223 Å². The van der Waals surface area contributed by atoms with Crippen molar-refractivity contribution >= 4 is 32.3 Å². The fourth-order valence-corrected chi connectivity index (χ4v) is 5.93. The minimum absolute atomic E-state index is 0.120. The van der Waals surface area contributed by atoms with Crippen LogP contribution in [0.3, 0.4) is 0 Å². The van der Waals surface area contributed by atoms with E-state index >= 15 is 0 Å². The number of hydrogen-bond donors (Lipinski definition) is 2. The van der Waals surface area contributed by atoms with Crippen LogP contribution in [0.5, 0.6) is 5.75 Å². The Morgan fingerprint density at radius 1 is 0.921 bits per heavy atom. The van der Waals surface area contributed by atoms with Gasteiger partial charge in [0.2, 0.25) is 0 Å². The molecule has 0 aliphatic carbocycles. The average molecular weight is 533 g/mol. The summed E-state index contributed by atoms with van der Waals surface area (Å²) in [4.78, 5) is 8.68. The summed E-state index contributed by atoms with van der Waals surface area (Å²) in [5, 5.41) is 11.8. The smallest absolute Gasteiger partial charge is 0.264 e. The Hall–Kier alpha value is -3.66. The van der Waals surface area contributed by atoms with Gasteiger partial charge in [0.15, 0.2) is 0 Å². The van der Waals surface area contributed by atoms with Gasteiger partial charge in [-0.3, -0.25) is 14.6 Å². The van der Waals surface area contributed by atoms with Gasteiger partial charge in [-0.15, -0.1) is 0 Å². The quantitative estimate of drug-likeness (QED) is 0.342. The van der Waals surface area contributed by atoms with Gasteiger partial charge in [-0.05, 0) is 55.8 Å². The summed E-state index contributed by atoms with van der Waals surface area (Å²) in [5.41, 5.74) is 2.66. The van der Waals surface area contributed by atoms with E-state index in [-0.39, 0.29) is 11.0 Å². The first-order chi connectivity index (χ1) is 18.3.